The molecule has 1 heterocycles. The smallest absolute Gasteiger partial charge is 0.242 e. The van der Waals surface area contributed by atoms with Crippen molar-refractivity contribution in [3.8, 4) is 0 Å². The minimum absolute atomic E-state index is 0.0200. The number of rotatable bonds is 6. The number of benzene rings is 2. The molecule has 1 aliphatic rings. The Bertz CT molecular complexity index is 853. The second kappa shape index (κ2) is 9.15. The number of carbonyl (C=O) groups is 1. The Morgan fingerprint density at radius 1 is 1.19 bits per heavy atom. The van der Waals surface area contributed by atoms with Crippen LogP contribution in [0.5, 0.6) is 0 Å². The topological polar surface area (TPSA) is 45.0 Å². The van der Waals surface area contributed by atoms with Crippen LogP contribution in [0.3, 0.4) is 0 Å². The number of amides is 1. The van der Waals surface area contributed by atoms with Crippen LogP contribution in [0.4, 0.5) is 4.39 Å². The molecular weight excluding hydrogens is 385 g/mol. The lowest BCUT2D eigenvalue weighted by atomic mass is 10.2. The first kappa shape index (κ1) is 19.6. The van der Waals surface area contributed by atoms with Crippen molar-refractivity contribution in [2.24, 2.45) is 10.2 Å². The molecule has 0 aromatic heterocycles. The first-order valence-corrected chi connectivity index (χ1v) is 9.91. The summed E-state index contributed by atoms with van der Waals surface area (Å²) in [5.41, 5.74) is 1.71. The van der Waals surface area contributed by atoms with Gasteiger partial charge in [-0.05, 0) is 41.8 Å². The van der Waals surface area contributed by atoms with Crippen molar-refractivity contribution in [3.63, 3.8) is 0 Å². The predicted molar refractivity (Wildman–Crippen MR) is 110 cm³/mol. The zero-order valence-electron chi connectivity index (χ0n) is 14.8. The second-order valence-electron chi connectivity index (χ2n) is 6.12. The first-order valence-electron chi connectivity index (χ1n) is 8.66. The van der Waals surface area contributed by atoms with Crippen LogP contribution < -0.4 is 0 Å². The fourth-order valence-electron chi connectivity index (χ4n) is 2.64. The molecule has 1 fully saturated rings. The summed E-state index contributed by atoms with van der Waals surface area (Å²) in [6.45, 7) is 2.40. The number of hydrogen-bond donors (Lipinski definition) is 0. The summed E-state index contributed by atoms with van der Waals surface area (Å²) < 4.78 is 13.1. The maximum atomic E-state index is 13.1. The van der Waals surface area contributed by atoms with Crippen LogP contribution in [0.1, 0.15) is 30.9 Å². The summed E-state index contributed by atoms with van der Waals surface area (Å²) in [4.78, 5) is 14.4. The van der Waals surface area contributed by atoms with Gasteiger partial charge in [0, 0.05) is 5.02 Å². The number of hydrogen-bond acceptors (Lipinski definition) is 4. The van der Waals surface area contributed by atoms with Crippen LogP contribution in [0.2, 0.25) is 5.02 Å². The number of halogens is 2. The first-order chi connectivity index (χ1) is 13.1. The van der Waals surface area contributed by atoms with Crippen LogP contribution in [0.25, 0.3) is 0 Å². The number of thioether (sulfide) groups is 1. The van der Waals surface area contributed by atoms with Crippen molar-refractivity contribution in [2.75, 3.05) is 0 Å². The maximum Gasteiger partial charge on any atom is 0.242 e. The minimum atomic E-state index is -0.300. The fourth-order valence-corrected chi connectivity index (χ4v) is 3.98. The maximum absolute atomic E-state index is 13.1. The van der Waals surface area contributed by atoms with Crippen molar-refractivity contribution in [1.29, 1.82) is 0 Å². The predicted octanol–water partition coefficient (Wildman–Crippen LogP) is 5.11. The lowest BCUT2D eigenvalue weighted by molar-refractivity contribution is -0.126. The normalized spacial score (nSPS) is 18.8. The van der Waals surface area contributed by atoms with Crippen LogP contribution in [-0.2, 0) is 11.3 Å². The van der Waals surface area contributed by atoms with E-state index in [4.69, 9.17) is 11.6 Å². The van der Waals surface area contributed by atoms with Gasteiger partial charge in [-0.15, -0.1) is 5.10 Å². The molecule has 1 unspecified atom stereocenters. The molecule has 0 N–H and O–H groups in total. The molecule has 0 aliphatic carbocycles. The number of nitrogens with zero attached hydrogens (tertiary/aromatic N) is 3. The molecule has 1 saturated heterocycles. The zero-order chi connectivity index (χ0) is 19.2. The van der Waals surface area contributed by atoms with E-state index in [-0.39, 0.29) is 17.0 Å². The summed E-state index contributed by atoms with van der Waals surface area (Å²) in [6.07, 6.45) is 3.32. The van der Waals surface area contributed by atoms with E-state index in [2.05, 4.69) is 10.2 Å². The van der Waals surface area contributed by atoms with Crippen molar-refractivity contribution in [3.05, 3.63) is 70.5 Å². The van der Waals surface area contributed by atoms with E-state index in [0.29, 0.717) is 16.7 Å². The highest BCUT2D eigenvalue weighted by atomic mass is 35.5. The molecule has 1 aliphatic heterocycles. The van der Waals surface area contributed by atoms with Crippen molar-refractivity contribution >= 4 is 40.7 Å². The molecule has 0 saturated carbocycles. The number of carbonyl (C=O) groups excluding carboxylic acids is 1. The third kappa shape index (κ3) is 5.17. The molecule has 27 heavy (non-hydrogen) atoms. The van der Waals surface area contributed by atoms with Gasteiger partial charge in [0.1, 0.15) is 5.82 Å². The van der Waals surface area contributed by atoms with Crippen molar-refractivity contribution in [1.82, 2.24) is 4.90 Å². The summed E-state index contributed by atoms with van der Waals surface area (Å²) >= 11 is 7.30. The molecular formula is C20H19ClFN3OS. The van der Waals surface area contributed by atoms with Gasteiger partial charge in [0.2, 0.25) is 5.91 Å². The Morgan fingerprint density at radius 3 is 2.56 bits per heavy atom. The third-order valence-electron chi connectivity index (χ3n) is 4.04. The van der Waals surface area contributed by atoms with E-state index in [1.54, 1.807) is 35.4 Å². The SMILES string of the molecule is CCCC1SC(=NN=Cc2ccc(Cl)cc2)N(Cc2ccc(F)cc2)C1=O. The van der Waals surface area contributed by atoms with E-state index >= 15 is 0 Å². The van der Waals surface area contributed by atoms with E-state index in [9.17, 15) is 9.18 Å². The molecule has 1 amide bonds. The molecule has 0 bridgehead atoms. The molecule has 2 aromatic carbocycles. The Kier molecular flexibility index (Phi) is 6.63. The monoisotopic (exact) mass is 403 g/mol. The van der Waals surface area contributed by atoms with E-state index in [0.717, 1.165) is 24.0 Å². The summed E-state index contributed by atoms with van der Waals surface area (Å²) in [7, 11) is 0. The highest BCUT2D eigenvalue weighted by Gasteiger charge is 2.37. The second-order valence-corrected chi connectivity index (χ2v) is 7.73. The lowest BCUT2D eigenvalue weighted by Crippen LogP contribution is -2.31. The van der Waals surface area contributed by atoms with E-state index in [1.165, 1.54) is 23.9 Å². The summed E-state index contributed by atoms with van der Waals surface area (Å²) in [5.74, 6) is -0.280. The minimum Gasteiger partial charge on any atom is -0.284 e. The lowest BCUT2D eigenvalue weighted by Gasteiger charge is -2.15. The summed E-state index contributed by atoms with van der Waals surface area (Å²) in [5, 5.41) is 9.47. The van der Waals surface area contributed by atoms with Crippen molar-refractivity contribution in [2.45, 2.75) is 31.6 Å². The van der Waals surface area contributed by atoms with Crippen LogP contribution in [-0.4, -0.2) is 27.4 Å². The molecule has 2 aromatic rings. The summed E-state index contributed by atoms with van der Waals surface area (Å²) in [6, 6.07) is 13.4. The largest absolute Gasteiger partial charge is 0.284 e. The Balaban J connectivity index is 1.79. The van der Waals surface area contributed by atoms with Gasteiger partial charge in [0.25, 0.3) is 0 Å². The van der Waals surface area contributed by atoms with E-state index in [1.807, 2.05) is 19.1 Å². The molecule has 0 spiro atoms. The average Bonchev–Trinajstić information content (AvgIpc) is 2.94. The Morgan fingerprint density at radius 2 is 1.89 bits per heavy atom. The van der Waals surface area contributed by atoms with Gasteiger partial charge < -0.3 is 0 Å². The molecule has 3 rings (SSSR count). The van der Waals surface area contributed by atoms with E-state index < -0.39 is 0 Å². The Hall–Kier alpha value is -2.18. The van der Waals surface area contributed by atoms with Crippen LogP contribution in [0, 0.1) is 5.82 Å². The molecule has 4 nitrogen and oxygen atoms in total. The van der Waals surface area contributed by atoms with Gasteiger partial charge in [-0.25, -0.2) is 4.39 Å². The molecule has 1 atom stereocenters. The van der Waals surface area contributed by atoms with Gasteiger partial charge in [-0.2, -0.15) is 5.10 Å². The van der Waals surface area contributed by atoms with Gasteiger partial charge in [0.05, 0.1) is 18.0 Å². The van der Waals surface area contributed by atoms with Crippen LogP contribution >= 0.6 is 23.4 Å². The van der Waals surface area contributed by atoms with Gasteiger partial charge in [-0.1, -0.05) is 61.0 Å². The quantitative estimate of drug-likeness (QED) is 0.496. The molecule has 140 valence electrons. The van der Waals surface area contributed by atoms with Gasteiger partial charge in [0.15, 0.2) is 5.17 Å². The van der Waals surface area contributed by atoms with Gasteiger partial charge in [-0.3, -0.25) is 9.69 Å². The fraction of sp³-hybridized carbons (Fsp3) is 0.250. The highest BCUT2D eigenvalue weighted by Crippen LogP contribution is 2.31. The molecule has 7 heteroatoms. The highest BCUT2D eigenvalue weighted by molar-refractivity contribution is 8.15. The Labute approximate surface area is 167 Å². The average molecular weight is 404 g/mol. The van der Waals surface area contributed by atoms with Gasteiger partial charge >= 0.3 is 0 Å². The van der Waals surface area contributed by atoms with Crippen LogP contribution in [0.15, 0.2) is 58.7 Å². The standard InChI is InChI=1S/C20H19ClFN3OS/c1-2-3-18-19(26)25(13-15-6-10-17(22)11-7-15)20(27-18)24-23-12-14-4-8-16(21)9-5-14/h4-12,18H,2-3,13H2,1H3. The molecule has 0 radical (unpaired) electrons. The van der Waals surface area contributed by atoms with Crippen molar-refractivity contribution < 1.29 is 9.18 Å². The third-order valence-corrected chi connectivity index (χ3v) is 5.53. The number of amidine groups is 1. The zero-order valence-corrected chi connectivity index (χ0v) is 16.4.